The zero-order valence-corrected chi connectivity index (χ0v) is 19.2. The summed E-state index contributed by atoms with van der Waals surface area (Å²) in [5.41, 5.74) is 12.2. The fourth-order valence-electron chi connectivity index (χ4n) is 4.35. The molecule has 3 aromatic rings. The van der Waals surface area contributed by atoms with Crippen molar-refractivity contribution in [3.8, 4) is 0 Å². The molecule has 1 amide bonds. The molecule has 0 radical (unpaired) electrons. The average Bonchev–Trinajstić information content (AvgIpc) is 2.98. The molecule has 176 valence electrons. The van der Waals surface area contributed by atoms with Crippen molar-refractivity contribution in [2.24, 2.45) is 5.73 Å². The van der Waals surface area contributed by atoms with E-state index in [0.717, 1.165) is 47.2 Å². The Kier molecular flexibility index (Phi) is 7.60. The first-order chi connectivity index (χ1) is 16.5. The summed E-state index contributed by atoms with van der Waals surface area (Å²) >= 11 is 0. The van der Waals surface area contributed by atoms with Gasteiger partial charge in [0, 0.05) is 25.3 Å². The highest BCUT2D eigenvalue weighted by atomic mass is 16.4. The molecule has 4 N–H and O–H groups in total. The van der Waals surface area contributed by atoms with Crippen LogP contribution in [0.2, 0.25) is 0 Å². The fourth-order valence-corrected chi connectivity index (χ4v) is 4.35. The van der Waals surface area contributed by atoms with Gasteiger partial charge in [0.25, 0.3) is 0 Å². The molecule has 0 aliphatic carbocycles. The topological polar surface area (TPSA) is 95.7 Å². The second kappa shape index (κ2) is 11.0. The zero-order valence-electron chi connectivity index (χ0n) is 19.2. The first-order valence-corrected chi connectivity index (χ1v) is 11.7. The minimum atomic E-state index is -0.991. The minimum Gasteiger partial charge on any atom is -0.481 e. The zero-order chi connectivity index (χ0) is 23.9. The number of amides is 1. The smallest absolute Gasteiger partial charge is 0.305 e. The van der Waals surface area contributed by atoms with Crippen molar-refractivity contribution in [2.45, 2.75) is 44.8 Å². The van der Waals surface area contributed by atoms with E-state index in [-0.39, 0.29) is 12.3 Å². The molecule has 6 heteroatoms. The maximum atomic E-state index is 13.2. The number of anilines is 1. The third kappa shape index (κ3) is 6.02. The van der Waals surface area contributed by atoms with Crippen molar-refractivity contribution in [3.05, 3.63) is 101 Å². The maximum absolute atomic E-state index is 13.2. The minimum absolute atomic E-state index is 0.170. The van der Waals surface area contributed by atoms with Gasteiger partial charge in [-0.3, -0.25) is 9.59 Å². The molecule has 6 nitrogen and oxygen atoms in total. The van der Waals surface area contributed by atoms with E-state index in [4.69, 9.17) is 5.73 Å². The predicted octanol–water partition coefficient (Wildman–Crippen LogP) is 3.77. The summed E-state index contributed by atoms with van der Waals surface area (Å²) in [5.74, 6) is -1.16. The van der Waals surface area contributed by atoms with E-state index in [1.54, 1.807) is 4.90 Å². The first kappa shape index (κ1) is 23.5. The number of hydrogen-bond donors (Lipinski definition) is 3. The quantitative estimate of drug-likeness (QED) is 0.455. The molecule has 1 aliphatic heterocycles. The van der Waals surface area contributed by atoms with E-state index in [0.29, 0.717) is 19.6 Å². The Morgan fingerprint density at radius 2 is 1.56 bits per heavy atom. The summed E-state index contributed by atoms with van der Waals surface area (Å²) in [6, 6.07) is 23.8. The third-order valence-electron chi connectivity index (χ3n) is 6.33. The number of carbonyl (C=O) groups is 2. The first-order valence-electron chi connectivity index (χ1n) is 11.7. The van der Waals surface area contributed by atoms with Gasteiger partial charge < -0.3 is 21.1 Å². The van der Waals surface area contributed by atoms with Crippen LogP contribution in [0.1, 0.15) is 34.2 Å². The molecule has 4 rings (SSSR count). The Morgan fingerprint density at radius 1 is 0.912 bits per heavy atom. The molecular weight excluding hydrogens is 426 g/mol. The van der Waals surface area contributed by atoms with E-state index in [1.807, 2.05) is 30.3 Å². The molecule has 1 aliphatic rings. The van der Waals surface area contributed by atoms with Crippen LogP contribution in [0, 0.1) is 0 Å². The lowest BCUT2D eigenvalue weighted by molar-refractivity contribution is -0.141. The number of hydrogen-bond acceptors (Lipinski definition) is 4. The largest absolute Gasteiger partial charge is 0.481 e. The van der Waals surface area contributed by atoms with Crippen LogP contribution in [0.15, 0.2) is 72.8 Å². The Labute approximate surface area is 200 Å². The number of nitrogens with one attached hydrogen (secondary N) is 1. The van der Waals surface area contributed by atoms with E-state index >= 15 is 0 Å². The van der Waals surface area contributed by atoms with Crippen LogP contribution in [-0.2, 0) is 41.9 Å². The van der Waals surface area contributed by atoms with Gasteiger partial charge in [0.2, 0.25) is 5.91 Å². The maximum Gasteiger partial charge on any atom is 0.305 e. The summed E-state index contributed by atoms with van der Waals surface area (Å²) in [5, 5.41) is 12.6. The van der Waals surface area contributed by atoms with Gasteiger partial charge >= 0.3 is 5.97 Å². The molecule has 0 unspecified atom stereocenters. The standard InChI is InChI=1S/C28H31N3O3/c29-18-23-10-7-21(8-11-23)6-9-22-12-13-24-19-31(15-14-20-4-2-1-3-5-20)28(34)26(17-27(32)33)30-25(24)16-22/h1-5,7-8,10-13,16,26,30H,6,9,14-15,17-19,29H2,(H,32,33)/t26-/m1/s1. The van der Waals surface area contributed by atoms with Gasteiger partial charge in [-0.1, -0.05) is 66.7 Å². The summed E-state index contributed by atoms with van der Waals surface area (Å²) < 4.78 is 0. The number of carbonyl (C=O) groups excluding carboxylic acids is 1. The van der Waals surface area contributed by atoms with Crippen LogP contribution < -0.4 is 11.1 Å². The van der Waals surface area contributed by atoms with Crippen molar-refractivity contribution in [1.82, 2.24) is 4.90 Å². The average molecular weight is 458 g/mol. The van der Waals surface area contributed by atoms with E-state index in [2.05, 4.69) is 47.8 Å². The fraction of sp³-hybridized carbons (Fsp3) is 0.286. The van der Waals surface area contributed by atoms with Crippen molar-refractivity contribution in [3.63, 3.8) is 0 Å². The molecule has 0 saturated heterocycles. The predicted molar refractivity (Wildman–Crippen MR) is 133 cm³/mol. The Bertz CT molecular complexity index is 1130. The molecule has 0 saturated carbocycles. The molecule has 0 fully saturated rings. The third-order valence-corrected chi connectivity index (χ3v) is 6.33. The highest BCUT2D eigenvalue weighted by molar-refractivity contribution is 5.90. The van der Waals surface area contributed by atoms with Crippen LogP contribution in [0.25, 0.3) is 0 Å². The molecule has 3 aromatic carbocycles. The Morgan fingerprint density at radius 3 is 2.26 bits per heavy atom. The van der Waals surface area contributed by atoms with Gasteiger partial charge in [0.05, 0.1) is 6.42 Å². The number of carboxylic acids is 1. The van der Waals surface area contributed by atoms with Gasteiger partial charge in [-0.15, -0.1) is 0 Å². The van der Waals surface area contributed by atoms with Crippen LogP contribution in [-0.4, -0.2) is 34.5 Å². The van der Waals surface area contributed by atoms with Gasteiger partial charge in [-0.2, -0.15) is 0 Å². The SMILES string of the molecule is NCc1ccc(CCc2ccc3c(c2)N[C@H](CC(=O)O)C(=O)N(CCc2ccccc2)C3)cc1. The van der Waals surface area contributed by atoms with Crippen molar-refractivity contribution < 1.29 is 14.7 Å². The Balaban J connectivity index is 1.50. The molecule has 1 atom stereocenters. The number of carboxylic acid groups (broad SMARTS) is 1. The second-order valence-corrected chi connectivity index (χ2v) is 8.80. The highest BCUT2D eigenvalue weighted by Gasteiger charge is 2.30. The number of fused-ring (bicyclic) bond motifs is 1. The van der Waals surface area contributed by atoms with E-state index < -0.39 is 12.0 Å². The summed E-state index contributed by atoms with van der Waals surface area (Å²) in [7, 11) is 0. The summed E-state index contributed by atoms with van der Waals surface area (Å²) in [6.07, 6.45) is 2.22. The number of nitrogens with zero attached hydrogens (tertiary/aromatic N) is 1. The molecular formula is C28H31N3O3. The second-order valence-electron chi connectivity index (χ2n) is 8.80. The van der Waals surface area contributed by atoms with Crippen molar-refractivity contribution in [1.29, 1.82) is 0 Å². The molecule has 0 aromatic heterocycles. The van der Waals surface area contributed by atoms with Crippen molar-refractivity contribution in [2.75, 3.05) is 11.9 Å². The number of aryl methyl sites for hydroxylation is 2. The number of aliphatic carboxylic acids is 1. The van der Waals surface area contributed by atoms with Gasteiger partial charge in [-0.25, -0.2) is 0 Å². The lowest BCUT2D eigenvalue weighted by Gasteiger charge is -2.24. The molecule has 1 heterocycles. The van der Waals surface area contributed by atoms with Crippen LogP contribution in [0.4, 0.5) is 5.69 Å². The summed E-state index contributed by atoms with van der Waals surface area (Å²) in [6.45, 7) is 1.54. The summed E-state index contributed by atoms with van der Waals surface area (Å²) in [4.78, 5) is 26.5. The lowest BCUT2D eigenvalue weighted by atomic mass is 10.0. The van der Waals surface area contributed by atoms with Crippen LogP contribution >= 0.6 is 0 Å². The van der Waals surface area contributed by atoms with E-state index in [9.17, 15) is 14.7 Å². The van der Waals surface area contributed by atoms with E-state index in [1.165, 1.54) is 5.56 Å². The normalized spacial score (nSPS) is 15.4. The highest BCUT2D eigenvalue weighted by Crippen LogP contribution is 2.26. The number of benzene rings is 3. The molecule has 34 heavy (non-hydrogen) atoms. The van der Waals surface area contributed by atoms with Gasteiger partial charge in [-0.05, 0) is 53.1 Å². The van der Waals surface area contributed by atoms with Gasteiger partial charge in [0.15, 0.2) is 0 Å². The van der Waals surface area contributed by atoms with Crippen LogP contribution in [0.5, 0.6) is 0 Å². The Hall–Kier alpha value is -3.64. The molecule has 0 spiro atoms. The molecule has 0 bridgehead atoms. The lowest BCUT2D eigenvalue weighted by Crippen LogP contribution is -2.42. The van der Waals surface area contributed by atoms with Crippen LogP contribution in [0.3, 0.4) is 0 Å². The van der Waals surface area contributed by atoms with Crippen molar-refractivity contribution >= 4 is 17.6 Å². The number of rotatable bonds is 9. The monoisotopic (exact) mass is 457 g/mol. The number of nitrogens with two attached hydrogens (primary N) is 1. The van der Waals surface area contributed by atoms with Gasteiger partial charge in [0.1, 0.15) is 6.04 Å².